The highest BCUT2D eigenvalue weighted by atomic mass is 79.9. The summed E-state index contributed by atoms with van der Waals surface area (Å²) >= 11 is 3.21. The van der Waals surface area contributed by atoms with Gasteiger partial charge in [-0.15, -0.1) is 0 Å². The van der Waals surface area contributed by atoms with Crippen molar-refractivity contribution in [3.05, 3.63) is 28.5 Å². The Morgan fingerprint density at radius 2 is 2.25 bits per heavy atom. The standard InChI is InChI=1S/C10H11BrN2O3/c1-2-16-10(15)13-6-9(14)7-3-8(11)5-12-4-7/h3-5H,2,6H2,1H3,(H,13,15). The van der Waals surface area contributed by atoms with Gasteiger partial charge in [0.1, 0.15) is 0 Å². The molecule has 0 radical (unpaired) electrons. The van der Waals surface area contributed by atoms with Crippen LogP contribution >= 0.6 is 15.9 Å². The van der Waals surface area contributed by atoms with Crippen LogP contribution in [0.3, 0.4) is 0 Å². The lowest BCUT2D eigenvalue weighted by molar-refractivity contribution is 0.0978. The van der Waals surface area contributed by atoms with Gasteiger partial charge in [-0.25, -0.2) is 4.79 Å². The maximum absolute atomic E-state index is 11.6. The summed E-state index contributed by atoms with van der Waals surface area (Å²) in [5.74, 6) is -0.221. The van der Waals surface area contributed by atoms with Crippen LogP contribution in [0, 0.1) is 0 Å². The fourth-order valence-electron chi connectivity index (χ4n) is 1.00. The molecule has 0 spiro atoms. The summed E-state index contributed by atoms with van der Waals surface area (Å²) in [5.41, 5.74) is 0.436. The number of hydrogen-bond acceptors (Lipinski definition) is 4. The fraction of sp³-hybridized carbons (Fsp3) is 0.300. The van der Waals surface area contributed by atoms with Crippen molar-refractivity contribution in [1.29, 1.82) is 0 Å². The van der Waals surface area contributed by atoms with Crippen LogP contribution in [0.5, 0.6) is 0 Å². The highest BCUT2D eigenvalue weighted by Crippen LogP contribution is 2.09. The van der Waals surface area contributed by atoms with E-state index in [-0.39, 0.29) is 18.9 Å². The van der Waals surface area contributed by atoms with Crippen molar-refractivity contribution in [1.82, 2.24) is 10.3 Å². The number of ether oxygens (including phenoxy) is 1. The predicted octanol–water partition coefficient (Wildman–Crippen LogP) is 1.77. The zero-order valence-corrected chi connectivity index (χ0v) is 10.3. The lowest BCUT2D eigenvalue weighted by atomic mass is 10.2. The summed E-state index contributed by atoms with van der Waals surface area (Å²) in [6, 6.07) is 1.64. The molecule has 0 fully saturated rings. The Kier molecular flexibility index (Phi) is 4.91. The molecule has 6 heteroatoms. The van der Waals surface area contributed by atoms with Gasteiger partial charge in [-0.2, -0.15) is 0 Å². The summed E-state index contributed by atoms with van der Waals surface area (Å²) in [6.45, 7) is 1.87. The van der Waals surface area contributed by atoms with Crippen LogP contribution in [0.4, 0.5) is 4.79 Å². The number of nitrogens with zero attached hydrogens (tertiary/aromatic N) is 1. The number of nitrogens with one attached hydrogen (secondary N) is 1. The van der Waals surface area contributed by atoms with Crippen molar-refractivity contribution in [3.63, 3.8) is 0 Å². The number of alkyl carbamates (subject to hydrolysis) is 1. The molecule has 1 N–H and O–H groups in total. The number of hydrogen-bond donors (Lipinski definition) is 1. The van der Waals surface area contributed by atoms with Gasteiger partial charge in [-0.3, -0.25) is 9.78 Å². The van der Waals surface area contributed by atoms with Crippen LogP contribution in [0.2, 0.25) is 0 Å². The number of ketones is 1. The summed E-state index contributed by atoms with van der Waals surface area (Å²) in [7, 11) is 0. The maximum Gasteiger partial charge on any atom is 0.407 e. The summed E-state index contributed by atoms with van der Waals surface area (Å²) in [6.07, 6.45) is 2.42. The molecular formula is C10H11BrN2O3. The van der Waals surface area contributed by atoms with Crippen LogP contribution in [0.25, 0.3) is 0 Å². The van der Waals surface area contributed by atoms with E-state index < -0.39 is 6.09 Å². The molecule has 1 aromatic rings. The van der Waals surface area contributed by atoms with Crippen molar-refractivity contribution in [2.45, 2.75) is 6.92 Å². The first-order valence-electron chi connectivity index (χ1n) is 4.68. The molecule has 86 valence electrons. The van der Waals surface area contributed by atoms with Crippen LogP contribution < -0.4 is 5.32 Å². The summed E-state index contributed by atoms with van der Waals surface area (Å²) in [4.78, 5) is 26.4. The van der Waals surface area contributed by atoms with Crippen LogP contribution in [-0.2, 0) is 4.74 Å². The molecule has 0 saturated carbocycles. The maximum atomic E-state index is 11.6. The number of Topliss-reactive ketones (excluding diaryl/α,β-unsaturated/α-hetero) is 1. The van der Waals surface area contributed by atoms with Crippen molar-refractivity contribution >= 4 is 27.8 Å². The first kappa shape index (κ1) is 12.6. The van der Waals surface area contributed by atoms with E-state index in [4.69, 9.17) is 0 Å². The Labute approximate surface area is 101 Å². The van der Waals surface area contributed by atoms with E-state index in [0.29, 0.717) is 5.56 Å². The zero-order valence-electron chi connectivity index (χ0n) is 8.70. The third-order valence-corrected chi connectivity index (χ3v) is 2.13. The molecule has 1 amide bonds. The van der Waals surface area contributed by atoms with E-state index in [0.717, 1.165) is 4.47 Å². The highest BCUT2D eigenvalue weighted by Gasteiger charge is 2.08. The first-order valence-corrected chi connectivity index (χ1v) is 5.47. The van der Waals surface area contributed by atoms with Gasteiger partial charge in [0, 0.05) is 22.4 Å². The van der Waals surface area contributed by atoms with Crippen LogP contribution in [0.1, 0.15) is 17.3 Å². The predicted molar refractivity (Wildman–Crippen MR) is 61.3 cm³/mol. The Balaban J connectivity index is 2.50. The number of amides is 1. The normalized spacial score (nSPS) is 9.62. The Morgan fingerprint density at radius 3 is 2.88 bits per heavy atom. The molecule has 1 heterocycles. The van der Waals surface area contributed by atoms with Gasteiger partial charge in [-0.05, 0) is 28.9 Å². The average molecular weight is 287 g/mol. The number of aromatic nitrogens is 1. The van der Waals surface area contributed by atoms with E-state index in [9.17, 15) is 9.59 Å². The molecule has 0 aliphatic heterocycles. The van der Waals surface area contributed by atoms with Crippen molar-refractivity contribution in [2.24, 2.45) is 0 Å². The number of carbonyl (C=O) groups excluding carboxylic acids is 2. The molecule has 0 aromatic carbocycles. The number of rotatable bonds is 4. The highest BCUT2D eigenvalue weighted by molar-refractivity contribution is 9.10. The summed E-state index contributed by atoms with van der Waals surface area (Å²) in [5, 5.41) is 2.35. The summed E-state index contributed by atoms with van der Waals surface area (Å²) < 4.78 is 5.34. The molecule has 0 aliphatic carbocycles. The molecule has 0 saturated heterocycles. The lowest BCUT2D eigenvalue weighted by Gasteiger charge is -2.04. The minimum absolute atomic E-state index is 0.100. The Bertz CT molecular complexity index is 395. The monoisotopic (exact) mass is 286 g/mol. The lowest BCUT2D eigenvalue weighted by Crippen LogP contribution is -2.30. The first-order chi connectivity index (χ1) is 7.63. The van der Waals surface area contributed by atoms with Gasteiger partial charge >= 0.3 is 6.09 Å². The fourth-order valence-corrected chi connectivity index (χ4v) is 1.37. The molecule has 0 aliphatic rings. The van der Waals surface area contributed by atoms with Crippen molar-refractivity contribution in [3.8, 4) is 0 Å². The average Bonchev–Trinajstić information content (AvgIpc) is 2.26. The molecule has 1 rings (SSSR count). The quantitative estimate of drug-likeness (QED) is 0.857. The van der Waals surface area contributed by atoms with E-state index in [1.165, 1.54) is 6.20 Å². The van der Waals surface area contributed by atoms with E-state index >= 15 is 0 Å². The Hall–Kier alpha value is -1.43. The Morgan fingerprint density at radius 1 is 1.50 bits per heavy atom. The second kappa shape index (κ2) is 6.22. The second-order valence-electron chi connectivity index (χ2n) is 2.89. The smallest absolute Gasteiger partial charge is 0.407 e. The third-order valence-electron chi connectivity index (χ3n) is 1.70. The molecule has 16 heavy (non-hydrogen) atoms. The molecule has 1 aromatic heterocycles. The molecular weight excluding hydrogens is 276 g/mol. The minimum Gasteiger partial charge on any atom is -0.450 e. The van der Waals surface area contributed by atoms with Gasteiger partial charge < -0.3 is 10.1 Å². The zero-order chi connectivity index (χ0) is 12.0. The van der Waals surface area contributed by atoms with E-state index in [2.05, 4.69) is 31.0 Å². The van der Waals surface area contributed by atoms with Gasteiger partial charge in [0.15, 0.2) is 5.78 Å². The molecule has 0 atom stereocenters. The molecule has 5 nitrogen and oxygen atoms in total. The molecule has 0 unspecified atom stereocenters. The van der Waals surface area contributed by atoms with Gasteiger partial charge in [-0.1, -0.05) is 0 Å². The molecule has 0 bridgehead atoms. The van der Waals surface area contributed by atoms with Gasteiger partial charge in [0.25, 0.3) is 0 Å². The largest absolute Gasteiger partial charge is 0.450 e. The third kappa shape index (κ3) is 3.98. The van der Waals surface area contributed by atoms with Gasteiger partial charge in [0.2, 0.25) is 0 Å². The topological polar surface area (TPSA) is 68.3 Å². The SMILES string of the molecule is CCOC(=O)NCC(=O)c1cncc(Br)c1. The van der Waals surface area contributed by atoms with Gasteiger partial charge in [0.05, 0.1) is 13.2 Å². The minimum atomic E-state index is -0.598. The second-order valence-corrected chi connectivity index (χ2v) is 3.80. The van der Waals surface area contributed by atoms with Crippen molar-refractivity contribution < 1.29 is 14.3 Å². The van der Waals surface area contributed by atoms with Crippen LogP contribution in [-0.4, -0.2) is 30.0 Å². The van der Waals surface area contributed by atoms with Crippen LogP contribution in [0.15, 0.2) is 22.9 Å². The van der Waals surface area contributed by atoms with E-state index in [1.807, 2.05) is 0 Å². The van der Waals surface area contributed by atoms with E-state index in [1.54, 1.807) is 19.2 Å². The number of halogens is 1. The number of carbonyl (C=O) groups is 2. The van der Waals surface area contributed by atoms with Crippen molar-refractivity contribution in [2.75, 3.05) is 13.2 Å². The number of pyridine rings is 1.